The molecule has 1 N–H and O–H groups in total. The average molecular weight is 184 g/mol. The molecule has 0 bridgehead atoms. The Morgan fingerprint density at radius 3 is 2.46 bits per heavy atom. The second-order valence-corrected chi connectivity index (χ2v) is 4.09. The summed E-state index contributed by atoms with van der Waals surface area (Å²) in [6, 6.07) is 0. The Kier molecular flexibility index (Phi) is 5.40. The Bertz CT molecular complexity index is 117. The fraction of sp³-hybridized carbons (Fsp3) is 1.00. The molecular formula is C11H24N2. The van der Waals surface area contributed by atoms with Crippen molar-refractivity contribution >= 4 is 0 Å². The summed E-state index contributed by atoms with van der Waals surface area (Å²) >= 11 is 0. The van der Waals surface area contributed by atoms with Gasteiger partial charge in [0.05, 0.1) is 0 Å². The van der Waals surface area contributed by atoms with E-state index in [0.717, 1.165) is 12.5 Å². The molecule has 0 radical (unpaired) electrons. The highest BCUT2D eigenvalue weighted by atomic mass is 15.1. The molecule has 0 amide bonds. The number of nitrogens with zero attached hydrogens (tertiary/aromatic N) is 1. The van der Waals surface area contributed by atoms with E-state index in [4.69, 9.17) is 0 Å². The highest BCUT2D eigenvalue weighted by Crippen LogP contribution is 2.16. The van der Waals surface area contributed by atoms with E-state index in [1.165, 1.54) is 45.4 Å². The predicted molar refractivity (Wildman–Crippen MR) is 58.0 cm³/mol. The molecule has 1 aliphatic rings. The Labute approximate surface area is 82.7 Å². The lowest BCUT2D eigenvalue weighted by Crippen LogP contribution is -2.37. The zero-order valence-electron chi connectivity index (χ0n) is 9.18. The maximum atomic E-state index is 3.45. The highest BCUT2D eigenvalue weighted by molar-refractivity contribution is 4.73. The molecule has 0 aromatic heterocycles. The van der Waals surface area contributed by atoms with Crippen LogP contribution in [0.1, 0.15) is 33.1 Å². The van der Waals surface area contributed by atoms with Gasteiger partial charge in [0.25, 0.3) is 0 Å². The first kappa shape index (κ1) is 11.0. The third-order valence-electron chi connectivity index (χ3n) is 2.93. The second-order valence-electron chi connectivity index (χ2n) is 4.09. The number of hydrogen-bond donors (Lipinski definition) is 1. The number of piperidine rings is 1. The summed E-state index contributed by atoms with van der Waals surface area (Å²) in [6.07, 6.45) is 4.10. The van der Waals surface area contributed by atoms with E-state index in [0.29, 0.717) is 0 Å². The molecular weight excluding hydrogens is 160 g/mol. The lowest BCUT2D eigenvalue weighted by molar-refractivity contribution is 0.183. The fourth-order valence-electron chi connectivity index (χ4n) is 2.08. The van der Waals surface area contributed by atoms with Crippen LogP contribution in [-0.4, -0.2) is 37.6 Å². The predicted octanol–water partition coefficient (Wildman–Crippen LogP) is 1.72. The van der Waals surface area contributed by atoms with Gasteiger partial charge >= 0.3 is 0 Å². The van der Waals surface area contributed by atoms with Crippen molar-refractivity contribution < 1.29 is 0 Å². The van der Waals surface area contributed by atoms with E-state index in [9.17, 15) is 0 Å². The molecule has 0 aromatic carbocycles. The van der Waals surface area contributed by atoms with Crippen LogP contribution in [0.5, 0.6) is 0 Å². The Morgan fingerprint density at radius 1 is 1.23 bits per heavy atom. The van der Waals surface area contributed by atoms with Gasteiger partial charge in [-0.05, 0) is 57.9 Å². The van der Waals surface area contributed by atoms with E-state index in [1.807, 2.05) is 0 Å². The Hall–Kier alpha value is -0.0800. The van der Waals surface area contributed by atoms with Gasteiger partial charge in [0, 0.05) is 0 Å². The van der Waals surface area contributed by atoms with Gasteiger partial charge in [-0.3, -0.25) is 0 Å². The summed E-state index contributed by atoms with van der Waals surface area (Å²) in [6.45, 7) is 10.8. The Morgan fingerprint density at radius 2 is 1.92 bits per heavy atom. The van der Waals surface area contributed by atoms with Crippen molar-refractivity contribution in [3.63, 3.8) is 0 Å². The molecule has 1 fully saturated rings. The summed E-state index contributed by atoms with van der Waals surface area (Å²) in [4.78, 5) is 2.60. The van der Waals surface area contributed by atoms with Crippen LogP contribution in [0.3, 0.4) is 0 Å². The molecule has 78 valence electrons. The summed E-state index contributed by atoms with van der Waals surface area (Å²) in [5.74, 6) is 0.938. The number of likely N-dealkylation sites (tertiary alicyclic amines) is 1. The molecule has 1 heterocycles. The van der Waals surface area contributed by atoms with Crippen LogP contribution in [0.25, 0.3) is 0 Å². The van der Waals surface area contributed by atoms with Gasteiger partial charge in [-0.25, -0.2) is 0 Å². The van der Waals surface area contributed by atoms with Crippen LogP contribution in [0, 0.1) is 5.92 Å². The van der Waals surface area contributed by atoms with E-state index < -0.39 is 0 Å². The zero-order chi connectivity index (χ0) is 9.52. The van der Waals surface area contributed by atoms with Crippen LogP contribution < -0.4 is 5.32 Å². The lowest BCUT2D eigenvalue weighted by atomic mass is 9.97. The van der Waals surface area contributed by atoms with Crippen LogP contribution in [0.15, 0.2) is 0 Å². The van der Waals surface area contributed by atoms with Crippen LogP contribution in [-0.2, 0) is 0 Å². The van der Waals surface area contributed by atoms with Crippen molar-refractivity contribution in [1.82, 2.24) is 10.2 Å². The fourth-order valence-corrected chi connectivity index (χ4v) is 2.08. The maximum Gasteiger partial charge on any atom is -0.00156 e. The summed E-state index contributed by atoms with van der Waals surface area (Å²) in [5, 5.41) is 3.45. The smallest absolute Gasteiger partial charge is 0.00156 e. The summed E-state index contributed by atoms with van der Waals surface area (Å²) < 4.78 is 0. The third-order valence-corrected chi connectivity index (χ3v) is 2.93. The van der Waals surface area contributed by atoms with Crippen LogP contribution in [0.4, 0.5) is 0 Å². The minimum atomic E-state index is 0.938. The Balaban J connectivity index is 2.08. The quantitative estimate of drug-likeness (QED) is 0.700. The van der Waals surface area contributed by atoms with Gasteiger partial charge in [0.2, 0.25) is 0 Å². The van der Waals surface area contributed by atoms with Gasteiger partial charge in [0.1, 0.15) is 0 Å². The number of rotatable bonds is 5. The van der Waals surface area contributed by atoms with Gasteiger partial charge in [-0.15, -0.1) is 0 Å². The first-order valence-electron chi connectivity index (χ1n) is 5.79. The molecule has 2 nitrogen and oxygen atoms in total. The highest BCUT2D eigenvalue weighted by Gasteiger charge is 2.17. The van der Waals surface area contributed by atoms with Gasteiger partial charge in [0.15, 0.2) is 0 Å². The van der Waals surface area contributed by atoms with Crippen molar-refractivity contribution in [1.29, 1.82) is 0 Å². The molecule has 13 heavy (non-hydrogen) atoms. The van der Waals surface area contributed by atoms with E-state index in [-0.39, 0.29) is 0 Å². The maximum absolute atomic E-state index is 3.45. The normalized spacial score (nSPS) is 20.8. The van der Waals surface area contributed by atoms with E-state index >= 15 is 0 Å². The van der Waals surface area contributed by atoms with Gasteiger partial charge in [-0.2, -0.15) is 0 Å². The molecule has 0 spiro atoms. The molecule has 0 aromatic rings. The first-order chi connectivity index (χ1) is 6.36. The van der Waals surface area contributed by atoms with Gasteiger partial charge in [-0.1, -0.05) is 13.8 Å². The molecule has 0 aliphatic carbocycles. The monoisotopic (exact) mass is 184 g/mol. The minimum absolute atomic E-state index is 0.938. The standard InChI is InChI=1S/C11H24N2/c1-3-7-13-8-5-11(6-9-13)10-12-4-2/h11-12H,3-10H2,1-2H3. The first-order valence-corrected chi connectivity index (χ1v) is 5.79. The van der Waals surface area contributed by atoms with Crippen molar-refractivity contribution in [2.45, 2.75) is 33.1 Å². The average Bonchev–Trinajstić information content (AvgIpc) is 2.17. The molecule has 2 heteroatoms. The summed E-state index contributed by atoms with van der Waals surface area (Å²) in [7, 11) is 0. The van der Waals surface area contributed by atoms with Crippen molar-refractivity contribution in [2.24, 2.45) is 5.92 Å². The van der Waals surface area contributed by atoms with E-state index in [2.05, 4.69) is 24.1 Å². The van der Waals surface area contributed by atoms with Crippen LogP contribution in [0.2, 0.25) is 0 Å². The molecule has 0 atom stereocenters. The number of nitrogens with one attached hydrogen (secondary N) is 1. The topological polar surface area (TPSA) is 15.3 Å². The van der Waals surface area contributed by atoms with Crippen molar-refractivity contribution in [2.75, 3.05) is 32.7 Å². The molecule has 0 saturated carbocycles. The summed E-state index contributed by atoms with van der Waals surface area (Å²) in [5.41, 5.74) is 0. The lowest BCUT2D eigenvalue weighted by Gasteiger charge is -2.31. The van der Waals surface area contributed by atoms with Crippen LogP contribution >= 0.6 is 0 Å². The molecule has 0 unspecified atom stereocenters. The van der Waals surface area contributed by atoms with Crippen molar-refractivity contribution in [3.8, 4) is 0 Å². The SMILES string of the molecule is CCCN1CCC(CNCC)CC1. The third kappa shape index (κ3) is 4.10. The second kappa shape index (κ2) is 6.39. The number of hydrogen-bond acceptors (Lipinski definition) is 2. The van der Waals surface area contributed by atoms with Crippen molar-refractivity contribution in [3.05, 3.63) is 0 Å². The zero-order valence-corrected chi connectivity index (χ0v) is 9.18. The molecule has 1 aliphatic heterocycles. The van der Waals surface area contributed by atoms with Gasteiger partial charge < -0.3 is 10.2 Å². The molecule has 1 rings (SSSR count). The molecule has 1 saturated heterocycles. The minimum Gasteiger partial charge on any atom is -0.317 e. The largest absolute Gasteiger partial charge is 0.317 e. The van der Waals surface area contributed by atoms with E-state index in [1.54, 1.807) is 0 Å².